The highest BCUT2D eigenvalue weighted by Gasteiger charge is 2.31. The molecule has 6 nitrogen and oxygen atoms in total. The predicted molar refractivity (Wildman–Crippen MR) is 117 cm³/mol. The van der Waals surface area contributed by atoms with E-state index in [-0.39, 0.29) is 17.6 Å². The van der Waals surface area contributed by atoms with Gasteiger partial charge in [0, 0.05) is 24.5 Å². The lowest BCUT2D eigenvalue weighted by molar-refractivity contribution is -0.122. The number of phenols is 1. The van der Waals surface area contributed by atoms with E-state index >= 15 is 0 Å². The highest BCUT2D eigenvalue weighted by Crippen LogP contribution is 2.33. The number of benzene rings is 1. The van der Waals surface area contributed by atoms with Crippen LogP contribution in [0.25, 0.3) is 6.08 Å². The molecular weight excluding hydrogens is 414 g/mol. The van der Waals surface area contributed by atoms with Crippen LogP contribution in [0.3, 0.4) is 0 Å². The molecule has 9 heteroatoms. The van der Waals surface area contributed by atoms with Crippen LogP contribution in [-0.2, 0) is 9.59 Å². The summed E-state index contributed by atoms with van der Waals surface area (Å²) in [5.74, 6) is -0.00223. The Bertz CT molecular complexity index is 897. The van der Waals surface area contributed by atoms with Crippen LogP contribution in [0, 0.1) is 0 Å². The first-order valence-corrected chi connectivity index (χ1v) is 10.9. The Morgan fingerprint density at radius 3 is 2.93 bits per heavy atom. The first-order valence-electron chi connectivity index (χ1n) is 8.76. The number of thiocarbonyl (C=S) groups is 1. The van der Waals surface area contributed by atoms with Crippen molar-refractivity contribution in [2.75, 3.05) is 11.9 Å². The molecule has 2 N–H and O–H groups in total. The number of aromatic nitrogens is 1. The van der Waals surface area contributed by atoms with Gasteiger partial charge in [0.15, 0.2) is 5.13 Å². The third-order valence-electron chi connectivity index (χ3n) is 4.01. The number of carbonyl (C=O) groups excluding carboxylic acids is 2. The van der Waals surface area contributed by atoms with Crippen molar-refractivity contribution in [3.63, 3.8) is 0 Å². The summed E-state index contributed by atoms with van der Waals surface area (Å²) in [7, 11) is 0. The molecule has 0 atom stereocenters. The van der Waals surface area contributed by atoms with Gasteiger partial charge >= 0.3 is 0 Å². The summed E-state index contributed by atoms with van der Waals surface area (Å²) >= 11 is 7.99. The van der Waals surface area contributed by atoms with Crippen molar-refractivity contribution in [3.05, 3.63) is 46.3 Å². The SMILES string of the molecule is O=C(CCCCCN1C(=O)/C(=C/c2cccc(O)c2)SC1=S)Nc1nccs1. The van der Waals surface area contributed by atoms with Crippen molar-refractivity contribution >= 4 is 62.7 Å². The second-order valence-corrected chi connectivity index (χ2v) is 8.69. The van der Waals surface area contributed by atoms with E-state index in [1.807, 2.05) is 11.4 Å². The smallest absolute Gasteiger partial charge is 0.266 e. The summed E-state index contributed by atoms with van der Waals surface area (Å²) in [6.07, 6.45) is 6.16. The van der Waals surface area contributed by atoms with E-state index in [1.54, 1.807) is 35.4 Å². The van der Waals surface area contributed by atoms with Gasteiger partial charge < -0.3 is 10.4 Å². The lowest BCUT2D eigenvalue weighted by atomic mass is 10.1. The highest BCUT2D eigenvalue weighted by atomic mass is 32.2. The van der Waals surface area contributed by atoms with Crippen molar-refractivity contribution in [1.82, 2.24) is 9.88 Å². The number of nitrogens with one attached hydrogen (secondary N) is 1. The largest absolute Gasteiger partial charge is 0.508 e. The third-order valence-corrected chi connectivity index (χ3v) is 6.07. The van der Waals surface area contributed by atoms with E-state index in [9.17, 15) is 14.7 Å². The van der Waals surface area contributed by atoms with Crippen molar-refractivity contribution in [2.45, 2.75) is 25.7 Å². The van der Waals surface area contributed by atoms with E-state index in [0.29, 0.717) is 27.3 Å². The Kier molecular flexibility index (Phi) is 7.18. The summed E-state index contributed by atoms with van der Waals surface area (Å²) < 4.78 is 0.540. The maximum absolute atomic E-state index is 12.6. The van der Waals surface area contributed by atoms with Gasteiger partial charge in [-0.15, -0.1) is 11.3 Å². The molecular formula is C19H19N3O3S3. The van der Waals surface area contributed by atoms with Crippen LogP contribution in [0.1, 0.15) is 31.2 Å². The second kappa shape index (κ2) is 9.81. The van der Waals surface area contributed by atoms with Crippen LogP contribution >= 0.6 is 35.3 Å². The average molecular weight is 434 g/mol. The van der Waals surface area contributed by atoms with E-state index in [4.69, 9.17) is 12.2 Å². The predicted octanol–water partition coefficient (Wildman–Crippen LogP) is 4.25. The quantitative estimate of drug-likeness (QED) is 0.368. The average Bonchev–Trinajstić information content (AvgIpc) is 3.24. The minimum Gasteiger partial charge on any atom is -0.508 e. The second-order valence-electron chi connectivity index (χ2n) is 6.12. The lowest BCUT2D eigenvalue weighted by Gasteiger charge is -2.14. The fraction of sp³-hybridized carbons (Fsp3) is 0.263. The fourth-order valence-corrected chi connectivity index (χ4v) is 4.51. The molecule has 1 aliphatic rings. The van der Waals surface area contributed by atoms with E-state index < -0.39 is 0 Å². The molecule has 2 aromatic rings. The molecule has 0 spiro atoms. The molecule has 1 saturated heterocycles. The molecule has 0 saturated carbocycles. The zero-order chi connectivity index (χ0) is 19.9. The summed E-state index contributed by atoms with van der Waals surface area (Å²) in [5, 5.41) is 14.7. The van der Waals surface area contributed by atoms with Crippen LogP contribution in [0.2, 0.25) is 0 Å². The fourth-order valence-electron chi connectivity index (χ4n) is 2.66. The lowest BCUT2D eigenvalue weighted by Crippen LogP contribution is -2.29. The summed E-state index contributed by atoms with van der Waals surface area (Å²) in [6, 6.07) is 6.73. The first kappa shape index (κ1) is 20.5. The van der Waals surface area contributed by atoms with Gasteiger partial charge in [0.05, 0.1) is 4.91 Å². The van der Waals surface area contributed by atoms with Crippen LogP contribution in [0.15, 0.2) is 40.7 Å². The number of nitrogens with zero attached hydrogens (tertiary/aromatic N) is 2. The number of amides is 2. The number of hydrogen-bond donors (Lipinski definition) is 2. The molecule has 0 aliphatic carbocycles. The maximum Gasteiger partial charge on any atom is 0.266 e. The van der Waals surface area contributed by atoms with Gasteiger partial charge in [0.2, 0.25) is 5.91 Å². The topological polar surface area (TPSA) is 82.5 Å². The number of thiazole rings is 1. The van der Waals surface area contributed by atoms with E-state index in [1.165, 1.54) is 23.1 Å². The van der Waals surface area contributed by atoms with Gasteiger partial charge in [0.25, 0.3) is 5.91 Å². The number of thioether (sulfide) groups is 1. The van der Waals surface area contributed by atoms with Crippen molar-refractivity contribution in [3.8, 4) is 5.75 Å². The number of aromatic hydroxyl groups is 1. The third kappa shape index (κ3) is 5.63. The normalized spacial score (nSPS) is 15.4. The van der Waals surface area contributed by atoms with Crippen molar-refractivity contribution in [1.29, 1.82) is 0 Å². The molecule has 0 bridgehead atoms. The molecule has 1 aromatic carbocycles. The van der Waals surface area contributed by atoms with Gasteiger partial charge in [-0.3, -0.25) is 14.5 Å². The molecule has 146 valence electrons. The maximum atomic E-state index is 12.6. The van der Waals surface area contributed by atoms with Crippen LogP contribution in [0.5, 0.6) is 5.75 Å². The number of unbranched alkanes of at least 4 members (excludes halogenated alkanes) is 2. The standard InChI is InChI=1S/C19H19N3O3S3/c23-14-6-4-5-13(11-14)12-15-17(25)22(19(26)28-15)9-3-1-2-7-16(24)21-18-20-8-10-27-18/h4-6,8,10-12,23H,1-3,7,9H2,(H,20,21,24)/b15-12-. The first-order chi connectivity index (χ1) is 13.5. The van der Waals surface area contributed by atoms with Crippen LogP contribution in [-0.4, -0.2) is 37.7 Å². The number of phenolic OH excluding ortho intramolecular Hbond substituents is 1. The monoisotopic (exact) mass is 433 g/mol. The Labute approximate surface area is 176 Å². The molecule has 1 aromatic heterocycles. The number of hydrogen-bond acceptors (Lipinski definition) is 7. The van der Waals surface area contributed by atoms with Gasteiger partial charge in [-0.2, -0.15) is 0 Å². The van der Waals surface area contributed by atoms with E-state index in [0.717, 1.165) is 24.8 Å². The molecule has 1 fully saturated rings. The van der Waals surface area contributed by atoms with Crippen LogP contribution < -0.4 is 5.32 Å². The Morgan fingerprint density at radius 2 is 2.18 bits per heavy atom. The summed E-state index contributed by atoms with van der Waals surface area (Å²) in [5.41, 5.74) is 0.756. The molecule has 2 amide bonds. The zero-order valence-electron chi connectivity index (χ0n) is 15.0. The van der Waals surface area contributed by atoms with E-state index in [2.05, 4.69) is 10.3 Å². The minimum absolute atomic E-state index is 0.0467. The molecule has 2 heterocycles. The molecule has 28 heavy (non-hydrogen) atoms. The molecule has 1 aliphatic heterocycles. The number of rotatable bonds is 8. The van der Waals surface area contributed by atoms with Crippen molar-refractivity contribution in [2.24, 2.45) is 0 Å². The minimum atomic E-state index is -0.111. The van der Waals surface area contributed by atoms with Crippen LogP contribution in [0.4, 0.5) is 5.13 Å². The summed E-state index contributed by atoms with van der Waals surface area (Å²) in [6.45, 7) is 0.538. The Hall–Kier alpha value is -2.23. The summed E-state index contributed by atoms with van der Waals surface area (Å²) in [4.78, 5) is 30.6. The van der Waals surface area contributed by atoms with Gasteiger partial charge in [-0.05, 0) is 36.6 Å². The Balaban J connectivity index is 1.42. The zero-order valence-corrected chi connectivity index (χ0v) is 17.4. The highest BCUT2D eigenvalue weighted by molar-refractivity contribution is 8.26. The number of anilines is 1. The molecule has 0 radical (unpaired) electrons. The van der Waals surface area contributed by atoms with Crippen molar-refractivity contribution < 1.29 is 14.7 Å². The van der Waals surface area contributed by atoms with Gasteiger partial charge in [-0.25, -0.2) is 4.98 Å². The van der Waals surface area contributed by atoms with Gasteiger partial charge in [-0.1, -0.05) is 42.5 Å². The Morgan fingerprint density at radius 1 is 1.32 bits per heavy atom. The molecule has 0 unspecified atom stereocenters. The van der Waals surface area contributed by atoms with Gasteiger partial charge in [0.1, 0.15) is 10.1 Å². The molecule has 3 rings (SSSR count). The number of carbonyl (C=O) groups is 2.